The average molecular weight is 496 g/mol. The maximum absolute atomic E-state index is 14.5. The molecule has 1 fully saturated rings. The highest BCUT2D eigenvalue weighted by atomic mass is 19.3. The Balaban J connectivity index is 1.61. The number of alkyl halides is 4. The van der Waals surface area contributed by atoms with Crippen LogP contribution in [0.25, 0.3) is 11.4 Å². The molecule has 1 aliphatic heterocycles. The van der Waals surface area contributed by atoms with Gasteiger partial charge in [0.1, 0.15) is 6.61 Å². The number of ether oxygens (including phenoxy) is 1. The van der Waals surface area contributed by atoms with Gasteiger partial charge in [-0.3, -0.25) is 9.48 Å². The van der Waals surface area contributed by atoms with Gasteiger partial charge in [0.15, 0.2) is 17.3 Å². The van der Waals surface area contributed by atoms with Gasteiger partial charge >= 0.3 is 0 Å². The maximum atomic E-state index is 14.5. The summed E-state index contributed by atoms with van der Waals surface area (Å²) in [5.74, 6) is -5.27. The molecule has 8 nitrogen and oxygen atoms in total. The molecule has 4 rings (SSSR count). The zero-order valence-corrected chi connectivity index (χ0v) is 18.7. The first-order chi connectivity index (χ1) is 16.5. The van der Waals surface area contributed by atoms with Crippen molar-refractivity contribution in [3.05, 3.63) is 54.0 Å². The first kappa shape index (κ1) is 24.5. The van der Waals surface area contributed by atoms with Gasteiger partial charge in [-0.15, -0.1) is 0 Å². The first-order valence-electron chi connectivity index (χ1n) is 10.6. The highest BCUT2D eigenvalue weighted by Crippen LogP contribution is 2.36. The summed E-state index contributed by atoms with van der Waals surface area (Å²) in [4.78, 5) is 26.0. The molecule has 0 aromatic carbocycles. The van der Waals surface area contributed by atoms with Crippen LogP contribution in [0.1, 0.15) is 35.8 Å². The third-order valence-electron chi connectivity index (χ3n) is 5.65. The molecule has 0 N–H and O–H groups in total. The number of amides is 1. The van der Waals surface area contributed by atoms with E-state index in [1.165, 1.54) is 24.0 Å². The summed E-state index contributed by atoms with van der Waals surface area (Å²) in [5, 5.41) is 4.12. The Morgan fingerprint density at radius 1 is 1.20 bits per heavy atom. The molecule has 13 heteroatoms. The minimum atomic E-state index is -3.15. The summed E-state index contributed by atoms with van der Waals surface area (Å²) in [7, 11) is 1.53. The molecule has 4 heterocycles. The van der Waals surface area contributed by atoms with Crippen LogP contribution in [-0.4, -0.2) is 60.7 Å². The fourth-order valence-corrected chi connectivity index (χ4v) is 4.00. The highest BCUT2D eigenvalue weighted by molar-refractivity contribution is 5.98. The van der Waals surface area contributed by atoms with Crippen LogP contribution >= 0.6 is 0 Å². The van der Waals surface area contributed by atoms with E-state index < -0.39 is 49.0 Å². The van der Waals surface area contributed by atoms with E-state index in [0.29, 0.717) is 0 Å². The smallest absolute Gasteiger partial charge is 0.275 e. The Morgan fingerprint density at radius 2 is 1.91 bits per heavy atom. The molecule has 1 aliphatic rings. The molecule has 0 saturated carbocycles. The number of pyridine rings is 1. The molecule has 35 heavy (non-hydrogen) atoms. The monoisotopic (exact) mass is 496 g/mol. The van der Waals surface area contributed by atoms with E-state index in [-0.39, 0.29) is 35.1 Å². The number of hydrogen-bond acceptors (Lipinski definition) is 6. The minimum absolute atomic E-state index is 0.00999. The predicted molar refractivity (Wildman–Crippen MR) is 112 cm³/mol. The number of halogens is 5. The molecule has 0 radical (unpaired) electrons. The third-order valence-corrected chi connectivity index (χ3v) is 5.65. The zero-order valence-electron chi connectivity index (χ0n) is 18.7. The Bertz CT molecular complexity index is 1190. The van der Waals surface area contributed by atoms with Crippen LogP contribution in [0.2, 0.25) is 0 Å². The lowest BCUT2D eigenvalue weighted by atomic mass is 9.88. The second-order valence-electron chi connectivity index (χ2n) is 8.37. The molecule has 0 unspecified atom stereocenters. The third kappa shape index (κ3) is 5.38. The molecule has 1 saturated heterocycles. The van der Waals surface area contributed by atoms with Crippen LogP contribution in [0.5, 0.6) is 5.88 Å². The van der Waals surface area contributed by atoms with E-state index in [0.717, 1.165) is 29.6 Å². The lowest BCUT2D eigenvalue weighted by Crippen LogP contribution is -2.57. The van der Waals surface area contributed by atoms with Gasteiger partial charge in [-0.1, -0.05) is 6.92 Å². The summed E-state index contributed by atoms with van der Waals surface area (Å²) in [6.07, 6.45) is 1.07. The van der Waals surface area contributed by atoms with Crippen molar-refractivity contribution in [2.75, 3.05) is 13.2 Å². The van der Waals surface area contributed by atoms with E-state index >= 15 is 0 Å². The van der Waals surface area contributed by atoms with Gasteiger partial charge in [0.25, 0.3) is 18.3 Å². The van der Waals surface area contributed by atoms with Crippen molar-refractivity contribution in [3.8, 4) is 17.3 Å². The maximum Gasteiger partial charge on any atom is 0.275 e. The Morgan fingerprint density at radius 3 is 2.54 bits per heavy atom. The van der Waals surface area contributed by atoms with Gasteiger partial charge in [0, 0.05) is 37.5 Å². The van der Waals surface area contributed by atoms with Crippen molar-refractivity contribution in [1.82, 2.24) is 29.6 Å². The Labute approximate surface area is 196 Å². The number of carbonyl (C=O) groups is 1. The predicted octanol–water partition coefficient (Wildman–Crippen LogP) is 3.91. The van der Waals surface area contributed by atoms with E-state index in [2.05, 4.69) is 20.1 Å². The van der Waals surface area contributed by atoms with Crippen molar-refractivity contribution in [2.24, 2.45) is 13.0 Å². The molecule has 0 aliphatic carbocycles. The van der Waals surface area contributed by atoms with Gasteiger partial charge in [-0.25, -0.2) is 36.9 Å². The number of rotatable bonds is 6. The van der Waals surface area contributed by atoms with Crippen LogP contribution in [-0.2, 0) is 7.05 Å². The molecule has 0 bridgehead atoms. The summed E-state index contributed by atoms with van der Waals surface area (Å²) in [6, 6.07) is 1.61. The molecule has 1 amide bonds. The first-order valence-corrected chi connectivity index (χ1v) is 10.6. The van der Waals surface area contributed by atoms with Crippen molar-refractivity contribution in [3.63, 3.8) is 0 Å². The zero-order chi connectivity index (χ0) is 25.3. The standard InChI is InChI=1S/C22H21F5N6O2/c1-12-5-22(26,27)11-33(16(12)10-35-17-4-3-13(6-28-17)19(24)25)21(34)18-15(9-32(2)31-18)20-29-7-14(23)8-30-20/h3-4,6-9,12,16,19H,5,10-11H2,1-2H3/t12-,16-/m1/s1. The fourth-order valence-electron chi connectivity index (χ4n) is 4.00. The SMILES string of the molecule is C[C@@H]1CC(F)(F)CN(C(=O)c2nn(C)cc2-c2ncc(F)cn2)[C@@H]1COc1ccc(C(F)F)cn1. The lowest BCUT2D eigenvalue weighted by molar-refractivity contribution is -0.0979. The summed E-state index contributed by atoms with van der Waals surface area (Å²) in [6.45, 7) is 0.499. The lowest BCUT2D eigenvalue weighted by Gasteiger charge is -2.42. The van der Waals surface area contributed by atoms with Crippen LogP contribution in [0.15, 0.2) is 36.9 Å². The normalized spacial score (nSPS) is 19.7. The van der Waals surface area contributed by atoms with E-state index in [1.807, 2.05) is 0 Å². The van der Waals surface area contributed by atoms with Gasteiger partial charge < -0.3 is 9.64 Å². The summed E-state index contributed by atoms with van der Waals surface area (Å²) in [5.41, 5.74) is -0.304. The van der Waals surface area contributed by atoms with Crippen LogP contribution < -0.4 is 4.74 Å². The minimum Gasteiger partial charge on any atom is -0.475 e. The van der Waals surface area contributed by atoms with E-state index in [9.17, 15) is 26.7 Å². The molecule has 3 aromatic heterocycles. The Kier molecular flexibility index (Phi) is 6.68. The quantitative estimate of drug-likeness (QED) is 0.481. The molecule has 3 aromatic rings. The van der Waals surface area contributed by atoms with Crippen molar-refractivity contribution < 1.29 is 31.5 Å². The largest absolute Gasteiger partial charge is 0.475 e. The number of likely N-dealkylation sites (tertiary alicyclic amines) is 1. The number of nitrogens with zero attached hydrogens (tertiary/aromatic N) is 6. The highest BCUT2D eigenvalue weighted by Gasteiger charge is 2.47. The fraction of sp³-hybridized carbons (Fsp3) is 0.409. The second kappa shape index (κ2) is 9.55. The van der Waals surface area contributed by atoms with Gasteiger partial charge in [-0.2, -0.15) is 5.10 Å². The van der Waals surface area contributed by atoms with Crippen LogP contribution in [0, 0.1) is 11.7 Å². The molecule has 0 spiro atoms. The molecule has 186 valence electrons. The van der Waals surface area contributed by atoms with E-state index in [4.69, 9.17) is 4.74 Å². The summed E-state index contributed by atoms with van der Waals surface area (Å²) >= 11 is 0. The number of piperidine rings is 1. The van der Waals surface area contributed by atoms with Gasteiger partial charge in [0.05, 0.1) is 30.5 Å². The number of hydrogen-bond donors (Lipinski definition) is 0. The van der Waals surface area contributed by atoms with Gasteiger partial charge in [-0.05, 0) is 12.0 Å². The summed E-state index contributed by atoms with van der Waals surface area (Å²) < 4.78 is 74.6. The van der Waals surface area contributed by atoms with Crippen LogP contribution in [0.4, 0.5) is 22.0 Å². The number of aryl methyl sites for hydroxylation is 1. The van der Waals surface area contributed by atoms with Crippen molar-refractivity contribution >= 4 is 5.91 Å². The van der Waals surface area contributed by atoms with E-state index in [1.54, 1.807) is 6.92 Å². The van der Waals surface area contributed by atoms with Gasteiger partial charge in [0.2, 0.25) is 5.88 Å². The average Bonchev–Trinajstić information content (AvgIpc) is 3.19. The Hall–Kier alpha value is -3.64. The molecular formula is C22H21F5N6O2. The molecular weight excluding hydrogens is 475 g/mol. The van der Waals surface area contributed by atoms with Crippen molar-refractivity contribution in [2.45, 2.75) is 31.7 Å². The number of aromatic nitrogens is 5. The molecule has 2 atom stereocenters. The van der Waals surface area contributed by atoms with Crippen LogP contribution in [0.3, 0.4) is 0 Å². The van der Waals surface area contributed by atoms with Crippen molar-refractivity contribution in [1.29, 1.82) is 0 Å². The topological polar surface area (TPSA) is 86.0 Å². The number of carbonyl (C=O) groups excluding carboxylic acids is 1. The second-order valence-corrected chi connectivity index (χ2v) is 8.37.